The Bertz CT molecular complexity index is 1060. The van der Waals surface area contributed by atoms with Crippen LogP contribution in [0.1, 0.15) is 55.2 Å². The summed E-state index contributed by atoms with van der Waals surface area (Å²) in [5.74, 6) is 0.754. The Balaban J connectivity index is 1.22. The molecule has 1 amide bonds. The number of hydrogen-bond acceptors (Lipinski definition) is 3. The van der Waals surface area contributed by atoms with Gasteiger partial charge in [0, 0.05) is 18.0 Å². The van der Waals surface area contributed by atoms with Crippen LogP contribution in [0.5, 0.6) is 0 Å². The highest BCUT2D eigenvalue weighted by atomic mass is 19.1. The normalized spacial score (nSPS) is 23.9. The van der Waals surface area contributed by atoms with Gasteiger partial charge < -0.3 is 9.64 Å². The van der Waals surface area contributed by atoms with Crippen molar-refractivity contribution in [2.45, 2.75) is 44.1 Å². The van der Waals surface area contributed by atoms with Gasteiger partial charge in [0.05, 0.1) is 18.2 Å². The van der Waals surface area contributed by atoms with Crippen molar-refractivity contribution >= 4 is 16.8 Å². The zero-order chi connectivity index (χ0) is 21.2. The molecule has 5 heteroatoms. The van der Waals surface area contributed by atoms with E-state index >= 15 is 0 Å². The van der Waals surface area contributed by atoms with Crippen LogP contribution >= 0.6 is 0 Å². The van der Waals surface area contributed by atoms with Crippen LogP contribution in [0.4, 0.5) is 4.39 Å². The fraction of sp³-hybridized carbons (Fsp3) is 0.385. The molecule has 1 aliphatic heterocycles. The first-order chi connectivity index (χ1) is 15.2. The predicted molar refractivity (Wildman–Crippen MR) is 118 cm³/mol. The van der Waals surface area contributed by atoms with Crippen LogP contribution < -0.4 is 0 Å². The van der Waals surface area contributed by atoms with Crippen molar-refractivity contribution in [3.8, 4) is 0 Å². The summed E-state index contributed by atoms with van der Waals surface area (Å²) < 4.78 is 19.4. The maximum absolute atomic E-state index is 13.8. The second-order valence-corrected chi connectivity index (χ2v) is 8.77. The molecule has 0 N–H and O–H groups in total. The first-order valence-corrected chi connectivity index (χ1v) is 11.2. The molecule has 0 bridgehead atoms. The van der Waals surface area contributed by atoms with Gasteiger partial charge >= 0.3 is 0 Å². The highest BCUT2D eigenvalue weighted by molar-refractivity contribution is 5.82. The number of amides is 1. The standard InChI is InChI=1S/C26H27FN2O2/c27-21-10-11-24-23(15-21)22(12-13-28-24)19-8-6-18(7-9-19)14-26(30)29-17-31-16-25(29)20-4-2-1-3-5-20/h1-5,10-13,15,18-19,25H,6-9,14,16-17H2/t18?,19?,25-/m0/s1. The Morgan fingerprint density at radius 2 is 1.87 bits per heavy atom. The molecule has 4 nitrogen and oxygen atoms in total. The fourth-order valence-corrected chi connectivity index (χ4v) is 5.18. The number of benzene rings is 2. The molecule has 0 spiro atoms. The van der Waals surface area contributed by atoms with E-state index in [1.54, 1.807) is 12.1 Å². The van der Waals surface area contributed by atoms with Crippen molar-refractivity contribution in [3.63, 3.8) is 0 Å². The quantitative estimate of drug-likeness (QED) is 0.554. The topological polar surface area (TPSA) is 42.4 Å². The molecule has 3 aromatic rings. The van der Waals surface area contributed by atoms with Crippen LogP contribution in [-0.2, 0) is 9.53 Å². The first kappa shape index (κ1) is 20.1. The number of rotatable bonds is 4. The minimum atomic E-state index is -0.221. The second kappa shape index (κ2) is 8.75. The molecule has 160 valence electrons. The van der Waals surface area contributed by atoms with Gasteiger partial charge in [0.2, 0.25) is 5.91 Å². The highest BCUT2D eigenvalue weighted by Gasteiger charge is 2.33. The summed E-state index contributed by atoms with van der Waals surface area (Å²) in [7, 11) is 0. The SMILES string of the molecule is O=C(CC1CCC(c2ccnc3ccc(F)cc23)CC1)N1COC[C@H]1c1ccccc1. The molecule has 2 fully saturated rings. The van der Waals surface area contributed by atoms with E-state index in [4.69, 9.17) is 4.74 Å². The van der Waals surface area contributed by atoms with E-state index in [1.807, 2.05) is 35.4 Å². The zero-order valence-corrected chi connectivity index (χ0v) is 17.5. The van der Waals surface area contributed by atoms with Crippen molar-refractivity contribution < 1.29 is 13.9 Å². The smallest absolute Gasteiger partial charge is 0.225 e. The summed E-state index contributed by atoms with van der Waals surface area (Å²) >= 11 is 0. The number of nitrogens with zero attached hydrogens (tertiary/aromatic N) is 2. The van der Waals surface area contributed by atoms with Crippen molar-refractivity contribution in [2.24, 2.45) is 5.92 Å². The maximum Gasteiger partial charge on any atom is 0.225 e. The third kappa shape index (κ3) is 4.19. The Labute approximate surface area is 182 Å². The maximum atomic E-state index is 13.8. The van der Waals surface area contributed by atoms with E-state index in [1.165, 1.54) is 11.6 Å². The van der Waals surface area contributed by atoms with E-state index < -0.39 is 0 Å². The molecule has 2 aliphatic rings. The molecule has 5 rings (SSSR count). The molecule has 2 heterocycles. The number of ether oxygens (including phenoxy) is 1. The van der Waals surface area contributed by atoms with Crippen molar-refractivity contribution in [2.75, 3.05) is 13.3 Å². The molecule has 1 saturated carbocycles. The third-order valence-electron chi connectivity index (χ3n) is 6.87. The minimum Gasteiger partial charge on any atom is -0.359 e. The zero-order valence-electron chi connectivity index (χ0n) is 17.5. The Hall–Kier alpha value is -2.79. The van der Waals surface area contributed by atoms with Gasteiger partial charge in [-0.15, -0.1) is 0 Å². The number of hydrogen-bond donors (Lipinski definition) is 0. The lowest BCUT2D eigenvalue weighted by Gasteiger charge is -2.31. The Kier molecular flexibility index (Phi) is 5.68. The van der Waals surface area contributed by atoms with Crippen LogP contribution in [0.3, 0.4) is 0 Å². The van der Waals surface area contributed by atoms with E-state index in [0.717, 1.165) is 42.1 Å². The van der Waals surface area contributed by atoms with Crippen LogP contribution in [-0.4, -0.2) is 29.1 Å². The molecule has 0 radical (unpaired) electrons. The molecule has 1 aromatic heterocycles. The molecular weight excluding hydrogens is 391 g/mol. The summed E-state index contributed by atoms with van der Waals surface area (Å²) in [5.41, 5.74) is 3.16. The number of aromatic nitrogens is 1. The number of carbonyl (C=O) groups excluding carboxylic acids is 1. The van der Waals surface area contributed by atoms with Gasteiger partial charge in [-0.2, -0.15) is 0 Å². The Morgan fingerprint density at radius 3 is 2.68 bits per heavy atom. The van der Waals surface area contributed by atoms with Crippen LogP contribution in [0, 0.1) is 11.7 Å². The van der Waals surface area contributed by atoms with Gasteiger partial charge in [0.25, 0.3) is 0 Å². The summed E-state index contributed by atoms with van der Waals surface area (Å²) in [4.78, 5) is 19.3. The summed E-state index contributed by atoms with van der Waals surface area (Å²) in [6.45, 7) is 0.941. The molecular formula is C26H27FN2O2. The van der Waals surface area contributed by atoms with Gasteiger partial charge in [-0.1, -0.05) is 30.3 Å². The highest BCUT2D eigenvalue weighted by Crippen LogP contribution is 2.40. The van der Waals surface area contributed by atoms with Crippen LogP contribution in [0.2, 0.25) is 0 Å². The lowest BCUT2D eigenvalue weighted by atomic mass is 9.76. The first-order valence-electron chi connectivity index (χ1n) is 11.2. The van der Waals surface area contributed by atoms with E-state index in [9.17, 15) is 9.18 Å². The summed E-state index contributed by atoms with van der Waals surface area (Å²) in [6, 6.07) is 17.0. The molecule has 0 unspecified atom stereocenters. The monoisotopic (exact) mass is 418 g/mol. The van der Waals surface area contributed by atoms with Gasteiger partial charge in [-0.3, -0.25) is 9.78 Å². The number of halogens is 1. The summed E-state index contributed by atoms with van der Waals surface area (Å²) in [5, 5.41) is 0.918. The van der Waals surface area contributed by atoms with Gasteiger partial charge in [-0.05, 0) is 72.9 Å². The Morgan fingerprint density at radius 1 is 1.06 bits per heavy atom. The van der Waals surface area contributed by atoms with E-state index in [-0.39, 0.29) is 17.8 Å². The molecule has 1 saturated heterocycles. The van der Waals surface area contributed by atoms with Crippen molar-refractivity contribution in [1.29, 1.82) is 0 Å². The number of fused-ring (bicyclic) bond motifs is 1. The lowest BCUT2D eigenvalue weighted by Crippen LogP contribution is -2.33. The second-order valence-electron chi connectivity index (χ2n) is 8.77. The lowest BCUT2D eigenvalue weighted by molar-refractivity contribution is -0.134. The molecule has 1 atom stereocenters. The third-order valence-corrected chi connectivity index (χ3v) is 6.87. The average Bonchev–Trinajstić information content (AvgIpc) is 3.30. The van der Waals surface area contributed by atoms with Crippen molar-refractivity contribution in [3.05, 3.63) is 77.7 Å². The number of pyridine rings is 1. The molecule has 31 heavy (non-hydrogen) atoms. The molecule has 1 aliphatic carbocycles. The van der Waals surface area contributed by atoms with Crippen LogP contribution in [0.15, 0.2) is 60.8 Å². The van der Waals surface area contributed by atoms with Crippen LogP contribution in [0.25, 0.3) is 10.9 Å². The van der Waals surface area contributed by atoms with E-state index in [2.05, 4.69) is 17.1 Å². The minimum absolute atomic E-state index is 0.0168. The van der Waals surface area contributed by atoms with E-state index in [0.29, 0.717) is 31.6 Å². The van der Waals surface area contributed by atoms with Gasteiger partial charge in [0.1, 0.15) is 12.5 Å². The average molecular weight is 419 g/mol. The predicted octanol–water partition coefficient (Wildman–Crippen LogP) is 5.60. The van der Waals surface area contributed by atoms with Gasteiger partial charge in [0.15, 0.2) is 0 Å². The summed E-state index contributed by atoms with van der Waals surface area (Å²) in [6.07, 6.45) is 6.46. The largest absolute Gasteiger partial charge is 0.359 e. The number of carbonyl (C=O) groups is 1. The van der Waals surface area contributed by atoms with Crippen molar-refractivity contribution in [1.82, 2.24) is 9.88 Å². The molecule has 2 aromatic carbocycles. The van der Waals surface area contributed by atoms with Gasteiger partial charge in [-0.25, -0.2) is 4.39 Å². The fourth-order valence-electron chi connectivity index (χ4n) is 5.18.